The van der Waals surface area contributed by atoms with E-state index in [1.807, 2.05) is 6.92 Å². The van der Waals surface area contributed by atoms with Crippen LogP contribution in [0.15, 0.2) is 12.1 Å². The molecule has 0 heterocycles. The summed E-state index contributed by atoms with van der Waals surface area (Å²) in [6, 6.07) is 2.02. The van der Waals surface area contributed by atoms with Gasteiger partial charge in [-0.2, -0.15) is 0 Å². The molecule has 0 bridgehead atoms. The second kappa shape index (κ2) is 7.43. The predicted octanol–water partition coefficient (Wildman–Crippen LogP) is 4.59. The highest BCUT2D eigenvalue weighted by Gasteiger charge is 2.31. The van der Waals surface area contributed by atoms with E-state index in [-0.39, 0.29) is 28.5 Å². The topological polar surface area (TPSA) is 35.2 Å². The highest BCUT2D eigenvalue weighted by atomic mass is 35.5. The van der Waals surface area contributed by atoms with E-state index in [2.05, 4.69) is 4.74 Å². The molecule has 0 saturated heterocycles. The van der Waals surface area contributed by atoms with Crippen LogP contribution in [-0.2, 0) is 6.42 Å². The zero-order valence-electron chi connectivity index (χ0n) is 9.93. The quantitative estimate of drug-likeness (QED) is 0.871. The van der Waals surface area contributed by atoms with E-state index in [4.69, 9.17) is 28.9 Å². The van der Waals surface area contributed by atoms with Gasteiger partial charge in [0.25, 0.3) is 0 Å². The van der Waals surface area contributed by atoms with E-state index in [1.165, 1.54) is 0 Å². The summed E-state index contributed by atoms with van der Waals surface area (Å²) in [5.41, 5.74) is 6.28. The fourth-order valence-electron chi connectivity index (χ4n) is 1.37. The van der Waals surface area contributed by atoms with Crippen molar-refractivity contribution < 1.29 is 17.9 Å². The lowest BCUT2D eigenvalue weighted by molar-refractivity contribution is -0.274. The highest BCUT2D eigenvalue weighted by molar-refractivity contribution is 6.36. The number of benzene rings is 1. The third-order valence-corrected chi connectivity index (χ3v) is 3.01. The van der Waals surface area contributed by atoms with E-state index in [0.717, 1.165) is 12.1 Å². The number of nitrogens with two attached hydrogens (primary N) is 1. The Morgan fingerprint density at radius 1 is 1.26 bits per heavy atom. The molecule has 2 N–H and O–H groups in total. The number of hydrogen-bond donors (Lipinski definition) is 1. The van der Waals surface area contributed by atoms with Crippen molar-refractivity contribution in [2.45, 2.75) is 32.2 Å². The molecular formula is C11H13Cl3F3NO. The van der Waals surface area contributed by atoms with Crippen LogP contribution < -0.4 is 10.5 Å². The molecule has 0 aliphatic heterocycles. The van der Waals surface area contributed by atoms with Gasteiger partial charge in [-0.1, -0.05) is 30.1 Å². The summed E-state index contributed by atoms with van der Waals surface area (Å²) < 4.78 is 39.9. The number of hydrogen-bond acceptors (Lipinski definition) is 2. The van der Waals surface area contributed by atoms with Crippen molar-refractivity contribution in [1.29, 1.82) is 0 Å². The Morgan fingerprint density at radius 2 is 1.74 bits per heavy atom. The lowest BCUT2D eigenvalue weighted by Gasteiger charge is -2.15. The van der Waals surface area contributed by atoms with Crippen molar-refractivity contribution in [2.24, 2.45) is 5.73 Å². The maximum Gasteiger partial charge on any atom is 0.573 e. The van der Waals surface area contributed by atoms with Crippen molar-refractivity contribution in [2.75, 3.05) is 0 Å². The van der Waals surface area contributed by atoms with E-state index in [1.54, 1.807) is 0 Å². The average Bonchev–Trinajstić information content (AvgIpc) is 2.20. The molecule has 0 spiro atoms. The minimum Gasteiger partial charge on any atom is -0.406 e. The van der Waals surface area contributed by atoms with Crippen molar-refractivity contribution in [3.8, 4) is 5.75 Å². The Bertz CT molecular complexity index is 403. The second-order valence-corrected chi connectivity index (χ2v) is 4.60. The van der Waals surface area contributed by atoms with Gasteiger partial charge in [-0.15, -0.1) is 25.6 Å². The third kappa shape index (κ3) is 6.08. The Hall–Kier alpha value is -0.360. The first-order chi connectivity index (χ1) is 8.23. The zero-order chi connectivity index (χ0) is 13.9. The van der Waals surface area contributed by atoms with Gasteiger partial charge < -0.3 is 10.5 Å². The van der Waals surface area contributed by atoms with Crippen LogP contribution in [0.25, 0.3) is 0 Å². The standard InChI is InChI=1S/C11H12Cl2F3NO.ClH/c1-2-6(17)3-8-9(12)4-7(5-10(8)13)18-11(14,15)16;/h4-6H,2-3,17H2,1H3;1H. The molecule has 1 aromatic carbocycles. The van der Waals surface area contributed by atoms with Crippen LogP contribution in [0, 0.1) is 0 Å². The summed E-state index contributed by atoms with van der Waals surface area (Å²) in [7, 11) is 0. The van der Waals surface area contributed by atoms with E-state index >= 15 is 0 Å². The van der Waals surface area contributed by atoms with Gasteiger partial charge in [0.1, 0.15) is 5.75 Å². The summed E-state index contributed by atoms with van der Waals surface area (Å²) in [6.45, 7) is 1.90. The molecule has 2 nitrogen and oxygen atoms in total. The zero-order valence-corrected chi connectivity index (χ0v) is 12.3. The van der Waals surface area contributed by atoms with Gasteiger partial charge in [0, 0.05) is 16.1 Å². The van der Waals surface area contributed by atoms with Gasteiger partial charge in [0.15, 0.2) is 0 Å². The molecule has 1 rings (SSSR count). The van der Waals surface area contributed by atoms with Crippen LogP contribution in [0.3, 0.4) is 0 Å². The molecule has 110 valence electrons. The summed E-state index contributed by atoms with van der Waals surface area (Å²) in [5, 5.41) is 0.233. The van der Waals surface area contributed by atoms with E-state index in [0.29, 0.717) is 18.4 Å². The lowest BCUT2D eigenvalue weighted by atomic mass is 10.0. The first-order valence-electron chi connectivity index (χ1n) is 5.22. The van der Waals surface area contributed by atoms with Crippen molar-refractivity contribution >= 4 is 35.6 Å². The molecule has 0 amide bonds. The normalized spacial score (nSPS) is 12.8. The Kier molecular flexibility index (Phi) is 7.29. The minimum absolute atomic E-state index is 0. The summed E-state index contributed by atoms with van der Waals surface area (Å²) in [6.07, 6.45) is -3.65. The van der Waals surface area contributed by atoms with Gasteiger partial charge in [-0.3, -0.25) is 0 Å². The Balaban J connectivity index is 0.00000324. The van der Waals surface area contributed by atoms with Crippen LogP contribution in [0.5, 0.6) is 5.75 Å². The summed E-state index contributed by atoms with van der Waals surface area (Å²) in [4.78, 5) is 0. The van der Waals surface area contributed by atoms with Crippen LogP contribution in [-0.4, -0.2) is 12.4 Å². The van der Waals surface area contributed by atoms with E-state index in [9.17, 15) is 13.2 Å². The molecular weight excluding hydrogens is 325 g/mol. The second-order valence-electron chi connectivity index (χ2n) is 3.79. The maximum absolute atomic E-state index is 12.0. The molecule has 0 aliphatic carbocycles. The van der Waals surface area contributed by atoms with Crippen LogP contribution in [0.2, 0.25) is 10.0 Å². The van der Waals surface area contributed by atoms with Crippen molar-refractivity contribution in [3.05, 3.63) is 27.7 Å². The first kappa shape index (κ1) is 18.6. The monoisotopic (exact) mass is 337 g/mol. The predicted molar refractivity (Wildman–Crippen MR) is 72.4 cm³/mol. The summed E-state index contributed by atoms with van der Waals surface area (Å²) >= 11 is 11.8. The van der Waals surface area contributed by atoms with E-state index < -0.39 is 12.1 Å². The van der Waals surface area contributed by atoms with Crippen LogP contribution in [0.1, 0.15) is 18.9 Å². The first-order valence-corrected chi connectivity index (χ1v) is 5.97. The SMILES string of the molecule is CCC(N)Cc1c(Cl)cc(OC(F)(F)F)cc1Cl.Cl. The fourth-order valence-corrected chi connectivity index (χ4v) is 2.00. The molecule has 1 aromatic rings. The molecule has 1 unspecified atom stereocenters. The summed E-state index contributed by atoms with van der Waals surface area (Å²) in [5.74, 6) is -0.439. The number of rotatable bonds is 4. The smallest absolute Gasteiger partial charge is 0.406 e. The number of halogens is 6. The molecule has 0 fully saturated rings. The Labute approximate surface area is 125 Å². The fraction of sp³-hybridized carbons (Fsp3) is 0.455. The third-order valence-electron chi connectivity index (χ3n) is 2.34. The molecule has 0 saturated carbocycles. The molecule has 0 aromatic heterocycles. The molecule has 0 radical (unpaired) electrons. The van der Waals surface area contributed by atoms with Crippen molar-refractivity contribution in [3.63, 3.8) is 0 Å². The number of ether oxygens (including phenoxy) is 1. The Morgan fingerprint density at radius 3 is 2.11 bits per heavy atom. The van der Waals surface area contributed by atoms with Crippen LogP contribution in [0.4, 0.5) is 13.2 Å². The lowest BCUT2D eigenvalue weighted by Crippen LogP contribution is -2.22. The minimum atomic E-state index is -4.77. The number of alkyl halides is 3. The van der Waals surface area contributed by atoms with Gasteiger partial charge >= 0.3 is 6.36 Å². The average molecular weight is 339 g/mol. The van der Waals surface area contributed by atoms with Crippen molar-refractivity contribution in [1.82, 2.24) is 0 Å². The van der Waals surface area contributed by atoms with Gasteiger partial charge in [0.2, 0.25) is 0 Å². The highest BCUT2D eigenvalue weighted by Crippen LogP contribution is 2.33. The van der Waals surface area contributed by atoms with Gasteiger partial charge in [-0.25, -0.2) is 0 Å². The molecule has 8 heteroatoms. The largest absolute Gasteiger partial charge is 0.573 e. The van der Waals surface area contributed by atoms with Crippen LogP contribution >= 0.6 is 35.6 Å². The molecule has 0 aliphatic rings. The maximum atomic E-state index is 12.0. The van der Waals surface area contributed by atoms with Gasteiger partial charge in [-0.05, 0) is 30.5 Å². The van der Waals surface area contributed by atoms with Gasteiger partial charge in [0.05, 0.1) is 0 Å². The molecule has 19 heavy (non-hydrogen) atoms. The molecule has 1 atom stereocenters.